The van der Waals surface area contributed by atoms with Gasteiger partial charge < -0.3 is 14.2 Å². The topological polar surface area (TPSA) is 62.1 Å². The molecule has 2 aromatic heterocycles. The molecule has 0 unspecified atom stereocenters. The van der Waals surface area contributed by atoms with E-state index in [0.29, 0.717) is 36.1 Å². The van der Waals surface area contributed by atoms with E-state index in [1.165, 1.54) is 11.3 Å². The van der Waals surface area contributed by atoms with Crippen molar-refractivity contribution in [1.82, 2.24) is 9.38 Å². The first kappa shape index (κ1) is 20.9. The average Bonchev–Trinajstić information content (AvgIpc) is 3.24. The Kier molecular flexibility index (Phi) is 6.27. The molecule has 0 radical (unpaired) electrons. The van der Waals surface area contributed by atoms with Crippen LogP contribution in [-0.4, -0.2) is 35.7 Å². The van der Waals surface area contributed by atoms with Crippen LogP contribution in [0.3, 0.4) is 0 Å². The summed E-state index contributed by atoms with van der Waals surface area (Å²) in [6.07, 6.45) is 5.51. The minimum absolute atomic E-state index is 0.00710. The van der Waals surface area contributed by atoms with E-state index in [9.17, 15) is 4.79 Å². The number of hydrogen-bond donors (Lipinski definition) is 0. The average molecular weight is 415 g/mol. The molecular weight excluding hydrogens is 388 g/mol. The number of carbonyl (C=O) groups is 1. The highest BCUT2D eigenvalue weighted by Crippen LogP contribution is 2.34. The monoisotopic (exact) mass is 414 g/mol. The minimum atomic E-state index is -0.395. The first-order valence-corrected chi connectivity index (χ1v) is 10.3. The molecule has 0 aliphatic rings. The predicted molar refractivity (Wildman–Crippen MR) is 116 cm³/mol. The molecule has 3 rings (SSSR count). The van der Waals surface area contributed by atoms with Gasteiger partial charge in [-0.2, -0.15) is 0 Å². The van der Waals surface area contributed by atoms with Crippen molar-refractivity contribution in [3.63, 3.8) is 0 Å². The number of para-hydroxylation sites is 1. The maximum absolute atomic E-state index is 12.5. The third-order valence-electron chi connectivity index (χ3n) is 4.06. The van der Waals surface area contributed by atoms with Gasteiger partial charge >= 0.3 is 5.97 Å². The van der Waals surface area contributed by atoms with E-state index in [-0.39, 0.29) is 5.41 Å². The highest BCUT2D eigenvalue weighted by molar-refractivity contribution is 7.15. The number of hydrogen-bond acceptors (Lipinski definition) is 6. The Morgan fingerprint density at radius 1 is 1.28 bits per heavy atom. The molecule has 3 aromatic rings. The Bertz CT molecular complexity index is 1030. The molecule has 0 bridgehead atoms. The van der Waals surface area contributed by atoms with E-state index in [0.717, 1.165) is 10.5 Å². The van der Waals surface area contributed by atoms with E-state index < -0.39 is 5.97 Å². The molecule has 0 saturated carbocycles. The number of esters is 1. The molecule has 0 atom stereocenters. The van der Waals surface area contributed by atoms with E-state index >= 15 is 0 Å². The zero-order chi connectivity index (χ0) is 21.0. The summed E-state index contributed by atoms with van der Waals surface area (Å²) in [5.74, 6) is 0.931. The largest absolute Gasteiger partial charge is 0.493 e. The molecule has 7 heteroatoms. The van der Waals surface area contributed by atoms with Gasteiger partial charge in [0.15, 0.2) is 22.2 Å². The van der Waals surface area contributed by atoms with E-state index in [4.69, 9.17) is 14.2 Å². The summed E-state index contributed by atoms with van der Waals surface area (Å²) in [6.45, 7) is 8.97. The van der Waals surface area contributed by atoms with Gasteiger partial charge in [-0.05, 0) is 30.6 Å². The molecule has 0 fully saturated rings. The van der Waals surface area contributed by atoms with Crippen LogP contribution in [0.15, 0.2) is 29.8 Å². The van der Waals surface area contributed by atoms with Crippen LogP contribution in [0.5, 0.6) is 11.5 Å². The van der Waals surface area contributed by atoms with Gasteiger partial charge in [0.1, 0.15) is 0 Å². The Hall–Kier alpha value is -2.80. The number of aromatic nitrogens is 2. The molecule has 0 aliphatic heterocycles. The van der Waals surface area contributed by atoms with Crippen molar-refractivity contribution < 1.29 is 19.0 Å². The number of ether oxygens (including phenoxy) is 3. The maximum Gasteiger partial charge on any atom is 0.357 e. The van der Waals surface area contributed by atoms with Crippen LogP contribution in [-0.2, 0) is 4.74 Å². The molecule has 154 valence electrons. The highest BCUT2D eigenvalue weighted by Gasteiger charge is 2.20. The first-order chi connectivity index (χ1) is 13.8. The number of imidazole rings is 1. The summed E-state index contributed by atoms with van der Waals surface area (Å²) >= 11 is 1.47. The second kappa shape index (κ2) is 8.69. The summed E-state index contributed by atoms with van der Waals surface area (Å²) in [7, 11) is 1.62. The quantitative estimate of drug-likeness (QED) is 0.499. The normalized spacial score (nSPS) is 11.9. The van der Waals surface area contributed by atoms with Crippen LogP contribution >= 0.6 is 11.3 Å². The zero-order valence-electron chi connectivity index (χ0n) is 17.4. The third-order valence-corrected chi connectivity index (χ3v) is 4.81. The smallest absolute Gasteiger partial charge is 0.357 e. The molecule has 0 N–H and O–H groups in total. The van der Waals surface area contributed by atoms with Gasteiger partial charge in [-0.1, -0.05) is 32.9 Å². The maximum atomic E-state index is 12.5. The molecule has 6 nitrogen and oxygen atoms in total. The van der Waals surface area contributed by atoms with Gasteiger partial charge in [0.05, 0.1) is 26.0 Å². The van der Waals surface area contributed by atoms with Gasteiger partial charge in [0, 0.05) is 17.1 Å². The van der Waals surface area contributed by atoms with Gasteiger partial charge in [-0.3, -0.25) is 4.40 Å². The fraction of sp³-hybridized carbons (Fsp3) is 0.364. The van der Waals surface area contributed by atoms with Gasteiger partial charge in [0.2, 0.25) is 0 Å². The molecule has 2 heterocycles. The van der Waals surface area contributed by atoms with Crippen molar-refractivity contribution in [2.24, 2.45) is 5.41 Å². The SMILES string of the molecule is CCOC(=O)c1c(C=Cc2cccc(OC)c2OCC(C)(C)C)nc2sccn12. The second-order valence-electron chi connectivity index (χ2n) is 7.68. The summed E-state index contributed by atoms with van der Waals surface area (Å²) in [6, 6.07) is 5.71. The van der Waals surface area contributed by atoms with E-state index in [1.54, 1.807) is 18.4 Å². The summed E-state index contributed by atoms with van der Waals surface area (Å²) in [5.41, 5.74) is 1.83. The van der Waals surface area contributed by atoms with E-state index in [1.807, 2.05) is 41.9 Å². The van der Waals surface area contributed by atoms with Crippen molar-refractivity contribution >= 4 is 34.4 Å². The highest BCUT2D eigenvalue weighted by atomic mass is 32.1. The third kappa shape index (κ3) is 4.79. The van der Waals surface area contributed by atoms with Crippen molar-refractivity contribution in [3.05, 3.63) is 46.7 Å². The lowest BCUT2D eigenvalue weighted by Crippen LogP contribution is -2.17. The van der Waals surface area contributed by atoms with Gasteiger partial charge in [-0.25, -0.2) is 9.78 Å². The van der Waals surface area contributed by atoms with E-state index in [2.05, 4.69) is 25.8 Å². The number of thiazole rings is 1. The van der Waals surface area contributed by atoms with Gasteiger partial charge in [-0.15, -0.1) is 11.3 Å². The summed E-state index contributed by atoms with van der Waals surface area (Å²) in [4.78, 5) is 17.8. The molecule has 0 amide bonds. The van der Waals surface area contributed by atoms with Crippen LogP contribution in [0.1, 0.15) is 49.4 Å². The van der Waals surface area contributed by atoms with Crippen molar-refractivity contribution in [2.75, 3.05) is 20.3 Å². The molecule has 0 spiro atoms. The lowest BCUT2D eigenvalue weighted by Gasteiger charge is -2.21. The molecule has 0 saturated heterocycles. The lowest BCUT2D eigenvalue weighted by atomic mass is 9.98. The first-order valence-electron chi connectivity index (χ1n) is 9.44. The van der Waals surface area contributed by atoms with Crippen molar-refractivity contribution in [3.8, 4) is 11.5 Å². The summed E-state index contributed by atoms with van der Waals surface area (Å²) < 4.78 is 18.5. The lowest BCUT2D eigenvalue weighted by molar-refractivity contribution is 0.0518. The molecular formula is C22H26N2O4S. The van der Waals surface area contributed by atoms with Crippen molar-refractivity contribution in [2.45, 2.75) is 27.7 Å². The van der Waals surface area contributed by atoms with Crippen LogP contribution in [0, 0.1) is 5.41 Å². The number of benzene rings is 1. The minimum Gasteiger partial charge on any atom is -0.493 e. The Morgan fingerprint density at radius 3 is 2.76 bits per heavy atom. The Balaban J connectivity index is 1.99. The Morgan fingerprint density at radius 2 is 2.07 bits per heavy atom. The zero-order valence-corrected chi connectivity index (χ0v) is 18.2. The number of nitrogens with zero attached hydrogens (tertiary/aromatic N) is 2. The van der Waals surface area contributed by atoms with Crippen LogP contribution in [0.4, 0.5) is 0 Å². The van der Waals surface area contributed by atoms with Crippen LogP contribution in [0.2, 0.25) is 0 Å². The standard InChI is InChI=1S/C22H26N2O4S/c1-6-27-20(25)18-16(23-21-24(18)12-13-29-21)11-10-15-8-7-9-17(26-5)19(15)28-14-22(2,3)4/h7-13H,6,14H2,1-5H3. The number of fused-ring (bicyclic) bond motifs is 1. The van der Waals surface area contributed by atoms with Crippen molar-refractivity contribution in [1.29, 1.82) is 0 Å². The van der Waals surface area contributed by atoms with Gasteiger partial charge in [0.25, 0.3) is 0 Å². The second-order valence-corrected chi connectivity index (χ2v) is 8.56. The fourth-order valence-corrected chi connectivity index (χ4v) is 3.48. The van der Waals surface area contributed by atoms with Crippen LogP contribution in [0.25, 0.3) is 17.1 Å². The molecule has 29 heavy (non-hydrogen) atoms. The molecule has 1 aromatic carbocycles. The Labute approximate surface area is 174 Å². The fourth-order valence-electron chi connectivity index (χ4n) is 2.76. The molecule has 0 aliphatic carbocycles. The summed E-state index contributed by atoms with van der Waals surface area (Å²) in [5, 5.41) is 1.89. The number of carbonyl (C=O) groups excluding carboxylic acids is 1. The predicted octanol–water partition coefficient (Wildman–Crippen LogP) is 5.18. The van der Waals surface area contributed by atoms with Crippen LogP contribution < -0.4 is 9.47 Å². The number of rotatable bonds is 7. The number of methoxy groups -OCH3 is 1.